The first-order valence-corrected chi connectivity index (χ1v) is 21.0. The van der Waals surface area contributed by atoms with Gasteiger partial charge in [0, 0.05) is 38.5 Å². The van der Waals surface area contributed by atoms with E-state index < -0.39 is 134 Å². The van der Waals surface area contributed by atoms with Gasteiger partial charge in [-0.15, -0.1) is 0 Å². The largest absolute Gasteiger partial charge is 0.449 e. The summed E-state index contributed by atoms with van der Waals surface area (Å²) in [5.41, 5.74) is 27.7. The van der Waals surface area contributed by atoms with Crippen LogP contribution in [0, 0.1) is 5.92 Å². The van der Waals surface area contributed by atoms with Crippen molar-refractivity contribution < 1.29 is 68.3 Å². The van der Waals surface area contributed by atoms with Crippen LogP contribution in [-0.4, -0.2) is 173 Å². The van der Waals surface area contributed by atoms with Crippen LogP contribution in [0.5, 0.6) is 0 Å². The summed E-state index contributed by atoms with van der Waals surface area (Å²) in [4.78, 5) is 116. The molecule has 0 fully saturated rings. The number of carbonyl (C=O) groups excluding carboxylic acids is 9. The van der Waals surface area contributed by atoms with Gasteiger partial charge in [0.1, 0.15) is 36.3 Å². The molecule has 25 heteroatoms. The topological polar surface area (TPSA) is 423 Å². The lowest BCUT2D eigenvalue weighted by Gasteiger charge is -2.32. The summed E-state index contributed by atoms with van der Waals surface area (Å²) < 4.78 is 5.19. The van der Waals surface area contributed by atoms with E-state index in [1.165, 1.54) is 0 Å². The Morgan fingerprint density at radius 3 is 1.89 bits per heavy atom. The van der Waals surface area contributed by atoms with Crippen molar-refractivity contribution in [1.29, 1.82) is 0 Å². The molecule has 1 aromatic rings. The average Bonchev–Trinajstić information content (AvgIpc) is 3.26. The van der Waals surface area contributed by atoms with Gasteiger partial charge in [-0.3, -0.25) is 43.3 Å². The number of nitrogens with two attached hydrogens (primary N) is 4. The highest BCUT2D eigenvalue weighted by Crippen LogP contribution is 2.12. The number of hydrogen-bond donors (Lipinski definition) is 14. The number of primary amides is 2. The van der Waals surface area contributed by atoms with Crippen LogP contribution in [0.3, 0.4) is 0 Å². The van der Waals surface area contributed by atoms with Crippen LogP contribution in [0.2, 0.25) is 0 Å². The SMILES string of the molecule is CC(C)COC(=O)N(CC(N)CO)C(CC(N)=O)C(=O)N[C@H](C(=O)C(=O)C(CO)NNC(CCC(=O)NCCCCNC(=O)C(Cc1ccccc1)NC(=O)C(N)CO)C(N)=O)[C@@H](C)O. The van der Waals surface area contributed by atoms with Crippen molar-refractivity contribution in [3.63, 3.8) is 0 Å². The summed E-state index contributed by atoms with van der Waals surface area (Å²) in [6.45, 7) is 1.96. The van der Waals surface area contributed by atoms with E-state index in [2.05, 4.69) is 32.1 Å². The molecule has 25 nitrogen and oxygen atoms in total. The average molecular weight is 926 g/mol. The van der Waals surface area contributed by atoms with Crippen molar-refractivity contribution >= 4 is 53.1 Å². The maximum atomic E-state index is 13.6. The Hall–Kier alpha value is -5.67. The highest BCUT2D eigenvalue weighted by atomic mass is 16.6. The Labute approximate surface area is 376 Å². The third-order valence-corrected chi connectivity index (χ3v) is 9.43. The molecule has 0 aliphatic heterocycles. The molecule has 0 saturated carbocycles. The molecule has 8 atom stereocenters. The standard InChI is InChI=1S/C40H67N11O14/c1-22(2)21-65-40(64)51(17-25(41)18-52)30(16-31(43)56)39(63)48-33(23(3)55)35(59)34(58)29(20-54)50-49-27(36(44)60)11-12-32(57)45-13-7-8-14-46-38(62)28(47-37(61)26(42)19-53)15-24-9-5-4-6-10-24/h4-6,9-10,22-23,25-30,33,49-50,52-55H,7-8,11-21,41-42H2,1-3H3,(H2,43,56)(H2,44,60)(H,45,57)(H,46,62)(H,47,61)(H,48,63)/t23-,25?,26?,27?,28?,29?,30?,33+/m1/s1. The van der Waals surface area contributed by atoms with E-state index in [4.69, 9.17) is 27.7 Å². The quantitative estimate of drug-likeness (QED) is 0.0177. The second-order valence-electron chi connectivity index (χ2n) is 15.6. The summed E-state index contributed by atoms with van der Waals surface area (Å²) in [7, 11) is 0. The normalized spacial score (nSPS) is 14.9. The van der Waals surface area contributed by atoms with Gasteiger partial charge in [-0.05, 0) is 37.7 Å². The number of hydrogen-bond acceptors (Lipinski definition) is 18. The monoisotopic (exact) mass is 925 g/mol. The zero-order chi connectivity index (χ0) is 49.2. The number of benzene rings is 1. The van der Waals surface area contributed by atoms with Crippen LogP contribution in [0.4, 0.5) is 4.79 Å². The van der Waals surface area contributed by atoms with Gasteiger partial charge in [0.15, 0.2) is 0 Å². The van der Waals surface area contributed by atoms with Crippen molar-refractivity contribution in [2.45, 2.75) is 108 Å². The van der Waals surface area contributed by atoms with Crippen LogP contribution in [-0.2, 0) is 49.5 Å². The van der Waals surface area contributed by atoms with Crippen LogP contribution in [0.15, 0.2) is 30.3 Å². The van der Waals surface area contributed by atoms with E-state index in [9.17, 15) is 63.6 Å². The highest BCUT2D eigenvalue weighted by Gasteiger charge is 2.39. The minimum atomic E-state index is -2.01. The lowest BCUT2D eigenvalue weighted by molar-refractivity contribution is -0.143. The molecule has 0 aromatic heterocycles. The van der Waals surface area contributed by atoms with E-state index >= 15 is 0 Å². The molecule has 0 bridgehead atoms. The van der Waals surface area contributed by atoms with E-state index in [0.717, 1.165) is 17.4 Å². The molecule has 6 unspecified atom stereocenters. The van der Waals surface area contributed by atoms with Crippen molar-refractivity contribution in [2.24, 2.45) is 28.9 Å². The maximum absolute atomic E-state index is 13.6. The predicted molar refractivity (Wildman–Crippen MR) is 231 cm³/mol. The summed E-state index contributed by atoms with van der Waals surface area (Å²) in [5.74, 6) is -7.94. The molecule has 7 amide bonds. The molecule has 0 aliphatic rings. The lowest BCUT2D eigenvalue weighted by atomic mass is 9.99. The number of nitrogens with one attached hydrogen (secondary N) is 6. The molecule has 0 heterocycles. The lowest BCUT2D eigenvalue weighted by Crippen LogP contribution is -2.62. The van der Waals surface area contributed by atoms with Crippen LogP contribution in [0.1, 0.15) is 58.4 Å². The van der Waals surface area contributed by atoms with Gasteiger partial charge in [0.25, 0.3) is 0 Å². The van der Waals surface area contributed by atoms with E-state index in [0.29, 0.717) is 12.8 Å². The number of carbonyl (C=O) groups is 9. The smallest absolute Gasteiger partial charge is 0.410 e. The van der Waals surface area contributed by atoms with Crippen LogP contribution in [0.25, 0.3) is 0 Å². The van der Waals surface area contributed by atoms with E-state index in [1.54, 1.807) is 44.2 Å². The molecular weight excluding hydrogens is 859 g/mol. The number of amides is 7. The number of nitrogens with zero attached hydrogens (tertiary/aromatic N) is 1. The minimum Gasteiger partial charge on any atom is -0.449 e. The molecule has 18 N–H and O–H groups in total. The molecular formula is C40H67N11O14. The van der Waals surface area contributed by atoms with E-state index in [1.807, 2.05) is 0 Å². The van der Waals surface area contributed by atoms with Gasteiger partial charge >= 0.3 is 6.09 Å². The molecule has 1 rings (SSSR count). The van der Waals surface area contributed by atoms with Crippen LogP contribution >= 0.6 is 0 Å². The Morgan fingerprint density at radius 2 is 1.35 bits per heavy atom. The number of ketones is 2. The van der Waals surface area contributed by atoms with Gasteiger partial charge in [0.05, 0.1) is 39.0 Å². The third-order valence-electron chi connectivity index (χ3n) is 9.43. The minimum absolute atomic E-state index is 0.109. The Morgan fingerprint density at radius 1 is 0.738 bits per heavy atom. The third kappa shape index (κ3) is 21.7. The number of aliphatic hydroxyl groups excluding tert-OH is 4. The fourth-order valence-corrected chi connectivity index (χ4v) is 5.75. The number of aliphatic hydroxyl groups is 4. The zero-order valence-corrected chi connectivity index (χ0v) is 36.9. The molecule has 0 saturated heterocycles. The number of Topliss-reactive ketones (excluding diaryl/α,β-unsaturated/α-hetero) is 2. The molecule has 65 heavy (non-hydrogen) atoms. The molecule has 1 aromatic carbocycles. The number of rotatable bonds is 33. The first kappa shape index (κ1) is 57.3. The van der Waals surface area contributed by atoms with E-state index in [-0.39, 0.29) is 44.9 Å². The second kappa shape index (κ2) is 30.5. The van der Waals surface area contributed by atoms with Gasteiger partial charge in [-0.2, -0.15) is 0 Å². The fraction of sp³-hybridized carbons (Fsp3) is 0.625. The predicted octanol–water partition coefficient (Wildman–Crippen LogP) is -6.20. The summed E-state index contributed by atoms with van der Waals surface area (Å²) >= 11 is 0. The molecule has 0 radical (unpaired) electrons. The van der Waals surface area contributed by atoms with Gasteiger partial charge in [-0.1, -0.05) is 44.2 Å². The molecule has 366 valence electrons. The van der Waals surface area contributed by atoms with Crippen molar-refractivity contribution in [3.05, 3.63) is 35.9 Å². The first-order chi connectivity index (χ1) is 30.7. The summed E-state index contributed by atoms with van der Waals surface area (Å²) in [6, 6.07) is -1.24. The summed E-state index contributed by atoms with van der Waals surface area (Å²) in [5, 5.41) is 49.2. The zero-order valence-electron chi connectivity index (χ0n) is 36.9. The Kier molecular flexibility index (Phi) is 26.9. The Balaban J connectivity index is 2.82. The second-order valence-corrected chi connectivity index (χ2v) is 15.6. The number of ether oxygens (including phenoxy) is 1. The fourth-order valence-electron chi connectivity index (χ4n) is 5.75. The summed E-state index contributed by atoms with van der Waals surface area (Å²) in [6.07, 6.45) is -3.15. The van der Waals surface area contributed by atoms with Crippen LogP contribution < -0.4 is 55.1 Å². The van der Waals surface area contributed by atoms with Crippen molar-refractivity contribution in [3.8, 4) is 0 Å². The van der Waals surface area contributed by atoms with Gasteiger partial charge in [-0.25, -0.2) is 15.6 Å². The molecule has 0 spiro atoms. The number of unbranched alkanes of at least 4 members (excludes halogenated alkanes) is 1. The molecule has 0 aliphatic carbocycles. The van der Waals surface area contributed by atoms with Crippen molar-refractivity contribution in [1.82, 2.24) is 37.0 Å². The van der Waals surface area contributed by atoms with Gasteiger partial charge < -0.3 is 69.4 Å². The Bertz CT molecular complexity index is 1720. The highest BCUT2D eigenvalue weighted by molar-refractivity contribution is 6.41. The number of hydrazine groups is 1. The maximum Gasteiger partial charge on any atom is 0.410 e. The van der Waals surface area contributed by atoms with Gasteiger partial charge in [0.2, 0.25) is 47.0 Å². The van der Waals surface area contributed by atoms with Crippen molar-refractivity contribution in [2.75, 3.05) is 46.1 Å². The first-order valence-electron chi connectivity index (χ1n) is 21.0.